The lowest BCUT2D eigenvalue weighted by Crippen LogP contribution is -2.31. The highest BCUT2D eigenvalue weighted by molar-refractivity contribution is 7.10. The van der Waals surface area contributed by atoms with Crippen LogP contribution >= 0.6 is 11.3 Å². The Bertz CT molecular complexity index is 289. The van der Waals surface area contributed by atoms with E-state index in [4.69, 9.17) is 5.11 Å². The maximum Gasteiger partial charge on any atom is 0.197 e. The smallest absolute Gasteiger partial charge is 0.197 e. The standard InChI is InChI=1S/C12H17FOS/c13-11(14)9-12(6-2-1-3-7-12)10-5-4-8-15-10/h4-5,8,11,14H,1-3,6-7,9H2. The number of rotatable bonds is 3. The molecule has 0 spiro atoms. The van der Waals surface area contributed by atoms with Gasteiger partial charge in [-0.25, -0.2) is 4.39 Å². The lowest BCUT2D eigenvalue weighted by atomic mass is 9.71. The van der Waals surface area contributed by atoms with E-state index in [2.05, 4.69) is 6.07 Å². The quantitative estimate of drug-likeness (QED) is 0.837. The average molecular weight is 228 g/mol. The van der Waals surface area contributed by atoms with Crippen LogP contribution in [0.1, 0.15) is 43.4 Å². The van der Waals surface area contributed by atoms with Gasteiger partial charge in [0.2, 0.25) is 0 Å². The molecule has 0 saturated heterocycles. The SMILES string of the molecule is OC(F)CC1(c2cccs2)CCCCC1. The molecule has 1 N–H and O–H groups in total. The topological polar surface area (TPSA) is 20.2 Å². The molecule has 84 valence electrons. The van der Waals surface area contributed by atoms with Crippen LogP contribution in [0.4, 0.5) is 4.39 Å². The summed E-state index contributed by atoms with van der Waals surface area (Å²) in [6, 6.07) is 4.10. The highest BCUT2D eigenvalue weighted by Crippen LogP contribution is 2.44. The fraction of sp³-hybridized carbons (Fsp3) is 0.667. The molecular formula is C12H17FOS. The van der Waals surface area contributed by atoms with Gasteiger partial charge in [-0.15, -0.1) is 11.3 Å². The zero-order chi connectivity index (χ0) is 10.7. The summed E-state index contributed by atoms with van der Waals surface area (Å²) in [5.74, 6) is 0. The number of aliphatic hydroxyl groups excluding tert-OH is 1. The van der Waals surface area contributed by atoms with Gasteiger partial charge in [0.25, 0.3) is 0 Å². The fourth-order valence-electron chi connectivity index (χ4n) is 2.68. The second-order valence-corrected chi connectivity index (χ2v) is 5.40. The van der Waals surface area contributed by atoms with Crippen molar-refractivity contribution < 1.29 is 9.50 Å². The van der Waals surface area contributed by atoms with Crippen molar-refractivity contribution in [3.8, 4) is 0 Å². The first-order valence-corrected chi connectivity index (χ1v) is 6.47. The van der Waals surface area contributed by atoms with Gasteiger partial charge in [-0.3, -0.25) is 0 Å². The Balaban J connectivity index is 2.21. The van der Waals surface area contributed by atoms with E-state index >= 15 is 0 Å². The predicted molar refractivity (Wildman–Crippen MR) is 60.8 cm³/mol. The summed E-state index contributed by atoms with van der Waals surface area (Å²) in [6.07, 6.45) is 4.20. The predicted octanol–water partition coefficient (Wildman–Crippen LogP) is 3.63. The van der Waals surface area contributed by atoms with Crippen LogP contribution in [0.25, 0.3) is 0 Å². The Hall–Kier alpha value is -0.410. The van der Waals surface area contributed by atoms with Crippen LogP contribution in [0.15, 0.2) is 17.5 Å². The van der Waals surface area contributed by atoms with E-state index in [1.807, 2.05) is 11.4 Å². The second kappa shape index (κ2) is 4.62. The Kier molecular flexibility index (Phi) is 3.42. The normalized spacial score (nSPS) is 22.5. The molecule has 15 heavy (non-hydrogen) atoms. The molecule has 0 amide bonds. The molecule has 2 rings (SSSR count). The molecule has 1 unspecified atom stereocenters. The summed E-state index contributed by atoms with van der Waals surface area (Å²) >= 11 is 1.69. The summed E-state index contributed by atoms with van der Waals surface area (Å²) in [4.78, 5) is 1.25. The maximum absolute atomic E-state index is 12.9. The zero-order valence-corrected chi connectivity index (χ0v) is 9.60. The van der Waals surface area contributed by atoms with E-state index in [0.717, 1.165) is 25.7 Å². The minimum Gasteiger partial charge on any atom is -0.364 e. The number of thiophene rings is 1. The van der Waals surface area contributed by atoms with Crippen molar-refractivity contribution in [3.05, 3.63) is 22.4 Å². The molecule has 0 bridgehead atoms. The van der Waals surface area contributed by atoms with E-state index in [1.165, 1.54) is 11.3 Å². The molecule has 3 heteroatoms. The van der Waals surface area contributed by atoms with Crippen molar-refractivity contribution in [2.24, 2.45) is 0 Å². The van der Waals surface area contributed by atoms with E-state index in [-0.39, 0.29) is 11.8 Å². The molecule has 0 radical (unpaired) electrons. The van der Waals surface area contributed by atoms with Crippen LogP contribution in [0.3, 0.4) is 0 Å². The molecule has 1 nitrogen and oxygen atoms in total. The number of alkyl halides is 1. The lowest BCUT2D eigenvalue weighted by molar-refractivity contribution is 0.00631. The third kappa shape index (κ3) is 2.40. The van der Waals surface area contributed by atoms with Gasteiger partial charge in [0.05, 0.1) is 0 Å². The zero-order valence-electron chi connectivity index (χ0n) is 8.79. The second-order valence-electron chi connectivity index (χ2n) is 4.46. The first kappa shape index (κ1) is 11.1. The first-order valence-electron chi connectivity index (χ1n) is 5.59. The Morgan fingerprint density at radius 3 is 2.67 bits per heavy atom. The molecule has 1 aliphatic rings. The number of halogens is 1. The molecule has 1 saturated carbocycles. The molecule has 1 aromatic rings. The third-order valence-electron chi connectivity index (χ3n) is 3.41. The van der Waals surface area contributed by atoms with Gasteiger partial charge in [-0.2, -0.15) is 0 Å². The third-order valence-corrected chi connectivity index (χ3v) is 4.53. The van der Waals surface area contributed by atoms with Crippen molar-refractivity contribution in [2.75, 3.05) is 0 Å². The van der Waals surface area contributed by atoms with E-state index < -0.39 is 6.36 Å². The number of aliphatic hydroxyl groups is 1. The highest BCUT2D eigenvalue weighted by atomic mass is 32.1. The molecule has 1 fully saturated rings. The summed E-state index contributed by atoms with van der Waals surface area (Å²) in [7, 11) is 0. The van der Waals surface area contributed by atoms with Crippen molar-refractivity contribution in [1.82, 2.24) is 0 Å². The van der Waals surface area contributed by atoms with E-state index in [9.17, 15) is 4.39 Å². The average Bonchev–Trinajstić information content (AvgIpc) is 2.71. The largest absolute Gasteiger partial charge is 0.364 e. The van der Waals surface area contributed by atoms with E-state index in [0.29, 0.717) is 0 Å². The van der Waals surface area contributed by atoms with Crippen LogP contribution in [0.2, 0.25) is 0 Å². The van der Waals surface area contributed by atoms with Gasteiger partial charge < -0.3 is 5.11 Å². The summed E-state index contributed by atoms with van der Waals surface area (Å²) < 4.78 is 12.9. The van der Waals surface area contributed by atoms with Gasteiger partial charge >= 0.3 is 0 Å². The summed E-state index contributed by atoms with van der Waals surface area (Å²) in [5.41, 5.74) is -0.0828. The Morgan fingerprint density at radius 2 is 2.13 bits per heavy atom. The van der Waals surface area contributed by atoms with Crippen molar-refractivity contribution in [2.45, 2.75) is 50.3 Å². The Labute approximate surface area is 93.9 Å². The van der Waals surface area contributed by atoms with Gasteiger partial charge in [0.1, 0.15) is 0 Å². The fourth-order valence-corrected chi connectivity index (χ4v) is 3.68. The van der Waals surface area contributed by atoms with Crippen LogP contribution in [-0.2, 0) is 5.41 Å². The minimum atomic E-state index is -1.68. The summed E-state index contributed by atoms with van der Waals surface area (Å²) in [6.45, 7) is 0. The highest BCUT2D eigenvalue weighted by Gasteiger charge is 2.36. The molecule has 1 aromatic heterocycles. The molecule has 1 aliphatic carbocycles. The van der Waals surface area contributed by atoms with Crippen LogP contribution in [0.5, 0.6) is 0 Å². The molecular weight excluding hydrogens is 211 g/mol. The monoisotopic (exact) mass is 228 g/mol. The van der Waals surface area contributed by atoms with Crippen molar-refractivity contribution >= 4 is 11.3 Å². The number of hydrogen-bond donors (Lipinski definition) is 1. The number of hydrogen-bond acceptors (Lipinski definition) is 2. The van der Waals surface area contributed by atoms with Gasteiger partial charge in [0.15, 0.2) is 6.36 Å². The first-order chi connectivity index (χ1) is 7.23. The van der Waals surface area contributed by atoms with Gasteiger partial charge in [0, 0.05) is 16.7 Å². The molecule has 0 aromatic carbocycles. The van der Waals surface area contributed by atoms with Crippen LogP contribution in [0, 0.1) is 0 Å². The maximum atomic E-state index is 12.9. The van der Waals surface area contributed by atoms with E-state index in [1.54, 1.807) is 11.3 Å². The lowest BCUT2D eigenvalue weighted by Gasteiger charge is -2.36. The van der Waals surface area contributed by atoms with Crippen LogP contribution < -0.4 is 0 Å². The van der Waals surface area contributed by atoms with Crippen molar-refractivity contribution in [3.63, 3.8) is 0 Å². The Morgan fingerprint density at radius 1 is 1.40 bits per heavy atom. The van der Waals surface area contributed by atoms with Gasteiger partial charge in [-0.05, 0) is 24.3 Å². The molecule has 1 heterocycles. The van der Waals surface area contributed by atoms with Crippen LogP contribution in [-0.4, -0.2) is 11.5 Å². The minimum absolute atomic E-state index is 0.0828. The molecule has 0 aliphatic heterocycles. The molecule has 1 atom stereocenters. The van der Waals surface area contributed by atoms with Gasteiger partial charge in [-0.1, -0.05) is 25.3 Å². The van der Waals surface area contributed by atoms with Crippen molar-refractivity contribution in [1.29, 1.82) is 0 Å². The summed E-state index contributed by atoms with van der Waals surface area (Å²) in [5, 5.41) is 11.0.